The number of nitrogens with one attached hydrogen (secondary N) is 2. The minimum Gasteiger partial charge on any atom is -0.361 e. The van der Waals surface area contributed by atoms with Crippen LogP contribution in [0.1, 0.15) is 65.0 Å². The highest BCUT2D eigenvalue weighted by atomic mass is 35.5. The van der Waals surface area contributed by atoms with E-state index in [2.05, 4.69) is 87.4 Å². The molecular formula is C21H34ClN3. The third kappa shape index (κ3) is 4.39. The molecule has 0 radical (unpaired) electrons. The van der Waals surface area contributed by atoms with Gasteiger partial charge in [0.1, 0.15) is 6.29 Å². The topological polar surface area (TPSA) is 27.3 Å². The van der Waals surface area contributed by atoms with Crippen LogP contribution in [0, 0.1) is 0 Å². The molecule has 1 aromatic carbocycles. The van der Waals surface area contributed by atoms with Crippen molar-refractivity contribution in [2.75, 3.05) is 6.54 Å². The molecule has 2 aliphatic heterocycles. The number of nitrogens with zero attached hydrogens (tertiary/aromatic N) is 1. The lowest BCUT2D eigenvalue weighted by molar-refractivity contribution is 0.121. The van der Waals surface area contributed by atoms with Crippen molar-refractivity contribution >= 4 is 12.4 Å². The number of hydrogen-bond acceptors (Lipinski definition) is 3. The van der Waals surface area contributed by atoms with E-state index in [4.69, 9.17) is 0 Å². The highest BCUT2D eigenvalue weighted by Gasteiger charge is 2.37. The Morgan fingerprint density at radius 1 is 1.08 bits per heavy atom. The standard InChI is InChI=1S/C21H33N3.ClH/c1-14-13-15(2)23-20(22-14)24-12-11-19(16(24)3)17-7-9-18(10-8-17)21(4,5)6;/h7-10,13-14,16,19-20,22-23H,11-12H2,1-6H3;1H. The van der Waals surface area contributed by atoms with Gasteiger partial charge in [0.05, 0.1) is 0 Å². The summed E-state index contributed by atoms with van der Waals surface area (Å²) in [5, 5.41) is 7.25. The van der Waals surface area contributed by atoms with Crippen molar-refractivity contribution in [3.8, 4) is 0 Å². The number of likely N-dealkylation sites (tertiary alicyclic amines) is 1. The van der Waals surface area contributed by atoms with Crippen LogP contribution in [0.25, 0.3) is 0 Å². The largest absolute Gasteiger partial charge is 0.361 e. The second kappa shape index (κ2) is 7.69. The summed E-state index contributed by atoms with van der Waals surface area (Å²) < 4.78 is 0. The molecule has 0 aliphatic carbocycles. The van der Waals surface area contributed by atoms with Gasteiger partial charge in [0.2, 0.25) is 0 Å². The van der Waals surface area contributed by atoms with Crippen molar-refractivity contribution < 1.29 is 0 Å². The highest BCUT2D eigenvalue weighted by Crippen LogP contribution is 2.35. The van der Waals surface area contributed by atoms with Crippen LogP contribution in [-0.4, -0.2) is 29.8 Å². The van der Waals surface area contributed by atoms with Gasteiger partial charge in [-0.05, 0) is 49.8 Å². The molecule has 0 aromatic heterocycles. The maximum Gasteiger partial charge on any atom is 0.135 e. The van der Waals surface area contributed by atoms with Gasteiger partial charge in [-0.15, -0.1) is 12.4 Å². The fourth-order valence-corrected chi connectivity index (χ4v) is 4.16. The van der Waals surface area contributed by atoms with Crippen LogP contribution in [0.15, 0.2) is 36.0 Å². The lowest BCUT2D eigenvalue weighted by Crippen LogP contribution is -2.59. The Hall–Kier alpha value is -1.03. The molecule has 2 heterocycles. The molecule has 0 spiro atoms. The monoisotopic (exact) mass is 363 g/mol. The summed E-state index contributed by atoms with van der Waals surface area (Å²) in [4.78, 5) is 2.58. The van der Waals surface area contributed by atoms with Gasteiger partial charge in [0.25, 0.3) is 0 Å². The Morgan fingerprint density at radius 3 is 2.28 bits per heavy atom. The summed E-state index contributed by atoms with van der Waals surface area (Å²) in [5.74, 6) is 0.615. The summed E-state index contributed by atoms with van der Waals surface area (Å²) >= 11 is 0. The third-order valence-corrected chi connectivity index (χ3v) is 5.63. The van der Waals surface area contributed by atoms with Crippen molar-refractivity contribution in [1.82, 2.24) is 15.5 Å². The number of benzene rings is 1. The van der Waals surface area contributed by atoms with Crippen molar-refractivity contribution in [2.45, 2.75) is 77.7 Å². The van der Waals surface area contributed by atoms with E-state index >= 15 is 0 Å². The predicted molar refractivity (Wildman–Crippen MR) is 109 cm³/mol. The molecule has 0 bridgehead atoms. The Kier molecular flexibility index (Phi) is 6.24. The second-order valence-corrected chi connectivity index (χ2v) is 8.60. The molecule has 25 heavy (non-hydrogen) atoms. The van der Waals surface area contributed by atoms with Crippen LogP contribution in [0.2, 0.25) is 0 Å². The maximum atomic E-state index is 3.66. The first-order chi connectivity index (χ1) is 11.3. The van der Waals surface area contributed by atoms with E-state index in [0.717, 1.165) is 6.54 Å². The Bertz CT molecular complexity index is 603. The summed E-state index contributed by atoms with van der Waals surface area (Å²) in [7, 11) is 0. The first-order valence-electron chi connectivity index (χ1n) is 9.33. The second-order valence-electron chi connectivity index (χ2n) is 8.60. The summed E-state index contributed by atoms with van der Waals surface area (Å²) in [6, 6.07) is 10.3. The molecule has 0 saturated carbocycles. The van der Waals surface area contributed by atoms with E-state index in [1.165, 1.54) is 23.2 Å². The average Bonchev–Trinajstić information content (AvgIpc) is 2.87. The minimum absolute atomic E-state index is 0. The van der Waals surface area contributed by atoms with E-state index in [1.54, 1.807) is 0 Å². The fraction of sp³-hybridized carbons (Fsp3) is 0.619. The van der Waals surface area contributed by atoms with Gasteiger partial charge in [0, 0.05) is 30.2 Å². The molecule has 1 saturated heterocycles. The lowest BCUT2D eigenvalue weighted by Gasteiger charge is -2.38. The molecule has 0 amide bonds. The van der Waals surface area contributed by atoms with Gasteiger partial charge >= 0.3 is 0 Å². The third-order valence-electron chi connectivity index (χ3n) is 5.63. The molecule has 3 nitrogen and oxygen atoms in total. The highest BCUT2D eigenvalue weighted by molar-refractivity contribution is 5.85. The van der Waals surface area contributed by atoms with Crippen molar-refractivity contribution in [1.29, 1.82) is 0 Å². The van der Waals surface area contributed by atoms with Gasteiger partial charge in [-0.25, -0.2) is 0 Å². The molecule has 2 N–H and O–H groups in total. The molecule has 4 heteroatoms. The van der Waals surface area contributed by atoms with E-state index in [0.29, 0.717) is 18.0 Å². The smallest absolute Gasteiger partial charge is 0.135 e. The fourth-order valence-electron chi connectivity index (χ4n) is 4.16. The maximum absolute atomic E-state index is 3.66. The van der Waals surface area contributed by atoms with Gasteiger partial charge in [-0.3, -0.25) is 10.2 Å². The zero-order chi connectivity index (χ0) is 17.5. The molecule has 1 aromatic rings. The molecule has 4 unspecified atom stereocenters. The van der Waals surface area contributed by atoms with Crippen LogP contribution < -0.4 is 10.6 Å². The number of rotatable bonds is 2. The molecule has 4 atom stereocenters. The molecular weight excluding hydrogens is 330 g/mol. The zero-order valence-corrected chi connectivity index (χ0v) is 17.3. The summed E-state index contributed by atoms with van der Waals surface area (Å²) in [5.41, 5.74) is 4.39. The lowest BCUT2D eigenvalue weighted by atomic mass is 9.84. The Balaban J connectivity index is 0.00000225. The minimum atomic E-state index is 0. The van der Waals surface area contributed by atoms with Gasteiger partial charge in [-0.2, -0.15) is 0 Å². The van der Waals surface area contributed by atoms with E-state index in [1.807, 2.05) is 0 Å². The van der Waals surface area contributed by atoms with E-state index in [-0.39, 0.29) is 24.1 Å². The Morgan fingerprint density at radius 2 is 1.72 bits per heavy atom. The van der Waals surface area contributed by atoms with E-state index in [9.17, 15) is 0 Å². The van der Waals surface area contributed by atoms with Crippen molar-refractivity contribution in [2.24, 2.45) is 0 Å². The molecule has 140 valence electrons. The zero-order valence-electron chi connectivity index (χ0n) is 16.5. The predicted octanol–water partition coefficient (Wildman–Crippen LogP) is 4.35. The number of halogens is 1. The Labute approximate surface area is 159 Å². The van der Waals surface area contributed by atoms with Gasteiger partial charge in [-0.1, -0.05) is 45.0 Å². The molecule has 3 rings (SSSR count). The summed E-state index contributed by atoms with van der Waals surface area (Å²) in [6.45, 7) is 14.7. The van der Waals surface area contributed by atoms with E-state index < -0.39 is 0 Å². The quantitative estimate of drug-likeness (QED) is 0.817. The van der Waals surface area contributed by atoms with Gasteiger partial charge < -0.3 is 5.32 Å². The van der Waals surface area contributed by atoms with Crippen molar-refractivity contribution in [3.05, 3.63) is 47.2 Å². The van der Waals surface area contributed by atoms with Crippen LogP contribution in [0.4, 0.5) is 0 Å². The average molecular weight is 364 g/mol. The summed E-state index contributed by atoms with van der Waals surface area (Å²) in [6.07, 6.45) is 3.73. The molecule has 1 fully saturated rings. The molecule has 2 aliphatic rings. The first kappa shape index (κ1) is 20.3. The first-order valence-corrected chi connectivity index (χ1v) is 9.33. The number of allylic oxidation sites excluding steroid dienone is 1. The van der Waals surface area contributed by atoms with Crippen LogP contribution in [0.5, 0.6) is 0 Å². The normalized spacial score (nSPS) is 30.4. The SMILES string of the molecule is CC1=CC(C)NC(N2CCC(c3ccc(C(C)(C)C)cc3)C2C)N1.Cl. The van der Waals surface area contributed by atoms with Crippen LogP contribution >= 0.6 is 12.4 Å². The van der Waals surface area contributed by atoms with Crippen LogP contribution in [0.3, 0.4) is 0 Å². The van der Waals surface area contributed by atoms with Gasteiger partial charge in [0.15, 0.2) is 0 Å². The number of hydrogen-bond donors (Lipinski definition) is 2. The van der Waals surface area contributed by atoms with Crippen LogP contribution in [-0.2, 0) is 5.41 Å². The van der Waals surface area contributed by atoms with Crippen molar-refractivity contribution in [3.63, 3.8) is 0 Å².